The molecule has 28 heavy (non-hydrogen) atoms. The third kappa shape index (κ3) is 12.4. The molecule has 1 aromatic carbocycles. The van der Waals surface area contributed by atoms with E-state index in [-0.39, 0.29) is 18.7 Å². The van der Waals surface area contributed by atoms with Gasteiger partial charge in [-0.3, -0.25) is 14.4 Å². The SMILES string of the molecule is O=C(O)CCCCCCCCCC(=O)Nc1ccccc1SCCCC(=O)O. The first kappa shape index (κ1) is 24.0. The molecule has 0 fully saturated rings. The second-order valence-corrected chi connectivity index (χ2v) is 7.90. The van der Waals surface area contributed by atoms with Crippen LogP contribution in [0.5, 0.6) is 0 Å². The maximum atomic E-state index is 12.2. The van der Waals surface area contributed by atoms with Gasteiger partial charge in [-0.05, 0) is 37.1 Å². The molecule has 1 amide bonds. The summed E-state index contributed by atoms with van der Waals surface area (Å²) in [5.74, 6) is -0.820. The Morgan fingerprint density at radius 2 is 1.29 bits per heavy atom. The van der Waals surface area contributed by atoms with Gasteiger partial charge in [-0.2, -0.15) is 0 Å². The van der Waals surface area contributed by atoms with E-state index in [9.17, 15) is 14.4 Å². The van der Waals surface area contributed by atoms with Gasteiger partial charge in [0.1, 0.15) is 0 Å². The molecule has 0 aliphatic rings. The summed E-state index contributed by atoms with van der Waals surface area (Å²) in [7, 11) is 0. The summed E-state index contributed by atoms with van der Waals surface area (Å²) in [6.07, 6.45) is 8.21. The first-order valence-corrected chi connectivity index (χ1v) is 10.9. The van der Waals surface area contributed by atoms with E-state index in [0.29, 0.717) is 18.6 Å². The maximum absolute atomic E-state index is 12.2. The highest BCUT2D eigenvalue weighted by atomic mass is 32.2. The van der Waals surface area contributed by atoms with Gasteiger partial charge in [0.15, 0.2) is 0 Å². The summed E-state index contributed by atoms with van der Waals surface area (Å²) in [5.41, 5.74) is 0.784. The third-order valence-electron chi connectivity index (χ3n) is 4.25. The van der Waals surface area contributed by atoms with Crippen molar-refractivity contribution in [2.75, 3.05) is 11.1 Å². The number of unbranched alkanes of at least 4 members (excludes halogenated alkanes) is 6. The monoisotopic (exact) mass is 409 g/mol. The molecule has 0 bridgehead atoms. The zero-order valence-electron chi connectivity index (χ0n) is 16.3. The first-order valence-electron chi connectivity index (χ1n) is 9.94. The quantitative estimate of drug-likeness (QED) is 0.257. The fourth-order valence-electron chi connectivity index (χ4n) is 2.76. The molecule has 0 aliphatic carbocycles. The molecule has 0 spiro atoms. The highest BCUT2D eigenvalue weighted by Gasteiger charge is 2.07. The minimum absolute atomic E-state index is 0.0000409. The summed E-state index contributed by atoms with van der Waals surface area (Å²) < 4.78 is 0. The highest BCUT2D eigenvalue weighted by Crippen LogP contribution is 2.28. The van der Waals surface area contributed by atoms with Crippen molar-refractivity contribution >= 4 is 35.3 Å². The fraction of sp³-hybridized carbons (Fsp3) is 0.571. The maximum Gasteiger partial charge on any atom is 0.303 e. The van der Waals surface area contributed by atoms with E-state index in [0.717, 1.165) is 55.5 Å². The number of carbonyl (C=O) groups is 3. The summed E-state index contributed by atoms with van der Waals surface area (Å²) in [6, 6.07) is 7.59. The molecular formula is C21H31NO5S. The summed E-state index contributed by atoms with van der Waals surface area (Å²) in [5, 5.41) is 20.2. The topological polar surface area (TPSA) is 104 Å². The number of benzene rings is 1. The molecule has 0 atom stereocenters. The van der Waals surface area contributed by atoms with Crippen LogP contribution in [0.3, 0.4) is 0 Å². The van der Waals surface area contributed by atoms with Crippen LogP contribution in [0.4, 0.5) is 5.69 Å². The molecule has 0 radical (unpaired) electrons. The number of aliphatic carboxylic acids is 2. The second-order valence-electron chi connectivity index (χ2n) is 6.76. The van der Waals surface area contributed by atoms with Crippen molar-refractivity contribution in [3.63, 3.8) is 0 Å². The van der Waals surface area contributed by atoms with Crippen molar-refractivity contribution < 1.29 is 24.6 Å². The van der Waals surface area contributed by atoms with Gasteiger partial charge in [0.2, 0.25) is 5.91 Å². The van der Waals surface area contributed by atoms with E-state index in [1.54, 1.807) is 11.8 Å². The average Bonchev–Trinajstić information content (AvgIpc) is 2.64. The first-order chi connectivity index (χ1) is 13.5. The van der Waals surface area contributed by atoms with Gasteiger partial charge in [-0.25, -0.2) is 0 Å². The molecule has 1 aromatic rings. The van der Waals surface area contributed by atoms with Crippen molar-refractivity contribution in [3.8, 4) is 0 Å². The van der Waals surface area contributed by atoms with Crippen molar-refractivity contribution in [1.29, 1.82) is 0 Å². The summed E-state index contributed by atoms with van der Waals surface area (Å²) in [4.78, 5) is 34.1. The molecule has 0 aromatic heterocycles. The van der Waals surface area contributed by atoms with Crippen LogP contribution < -0.4 is 5.32 Å². The number of carboxylic acid groups (broad SMARTS) is 2. The Bertz CT molecular complexity index is 621. The van der Waals surface area contributed by atoms with Crippen LogP contribution in [0.1, 0.15) is 70.6 Å². The predicted octanol–water partition coefficient (Wildman–Crippen LogP) is 5.18. The number of nitrogens with one attached hydrogen (secondary N) is 1. The summed E-state index contributed by atoms with van der Waals surface area (Å²) >= 11 is 1.56. The molecule has 1 rings (SSSR count). The lowest BCUT2D eigenvalue weighted by atomic mass is 10.1. The highest BCUT2D eigenvalue weighted by molar-refractivity contribution is 7.99. The van der Waals surface area contributed by atoms with Crippen LogP contribution in [-0.2, 0) is 14.4 Å². The Morgan fingerprint density at radius 1 is 0.750 bits per heavy atom. The Labute approximate surface area is 171 Å². The number of carbonyl (C=O) groups excluding carboxylic acids is 1. The van der Waals surface area contributed by atoms with Gasteiger partial charge >= 0.3 is 11.9 Å². The van der Waals surface area contributed by atoms with E-state index in [1.807, 2.05) is 24.3 Å². The van der Waals surface area contributed by atoms with Crippen LogP contribution >= 0.6 is 11.8 Å². The molecule has 0 saturated carbocycles. The smallest absolute Gasteiger partial charge is 0.303 e. The fourth-order valence-corrected chi connectivity index (χ4v) is 3.72. The van der Waals surface area contributed by atoms with Crippen LogP contribution in [0.15, 0.2) is 29.2 Å². The number of thioether (sulfide) groups is 1. The van der Waals surface area contributed by atoms with Gasteiger partial charge in [0, 0.05) is 24.2 Å². The van der Waals surface area contributed by atoms with Crippen molar-refractivity contribution in [2.24, 2.45) is 0 Å². The zero-order chi connectivity index (χ0) is 20.6. The zero-order valence-corrected chi connectivity index (χ0v) is 17.1. The van der Waals surface area contributed by atoms with Crippen LogP contribution in [0.25, 0.3) is 0 Å². The standard InChI is InChI=1S/C21H31NO5S/c23-19(13-6-4-2-1-3-5-7-14-20(24)25)22-17-11-8-9-12-18(17)28-16-10-15-21(26)27/h8-9,11-12H,1-7,10,13-16H2,(H,22,23)(H,24,25)(H,26,27). The van der Waals surface area contributed by atoms with E-state index < -0.39 is 11.9 Å². The minimum atomic E-state index is -0.789. The number of hydrogen-bond donors (Lipinski definition) is 3. The molecule has 7 heteroatoms. The summed E-state index contributed by atoms with van der Waals surface area (Å²) in [6.45, 7) is 0. The lowest BCUT2D eigenvalue weighted by molar-refractivity contribution is -0.138. The van der Waals surface area contributed by atoms with Gasteiger partial charge in [0.05, 0.1) is 5.69 Å². The molecule has 0 heterocycles. The molecule has 156 valence electrons. The number of carboxylic acids is 2. The van der Waals surface area contributed by atoms with Gasteiger partial charge in [-0.15, -0.1) is 11.8 Å². The molecular weight excluding hydrogens is 378 g/mol. The average molecular weight is 410 g/mol. The Morgan fingerprint density at radius 3 is 1.93 bits per heavy atom. The van der Waals surface area contributed by atoms with Gasteiger partial charge in [-0.1, -0.05) is 44.2 Å². The Hall–Kier alpha value is -2.02. The van der Waals surface area contributed by atoms with Gasteiger partial charge < -0.3 is 15.5 Å². The van der Waals surface area contributed by atoms with E-state index in [4.69, 9.17) is 10.2 Å². The van der Waals surface area contributed by atoms with Crippen molar-refractivity contribution in [1.82, 2.24) is 0 Å². The second kappa shape index (κ2) is 15.0. The number of para-hydroxylation sites is 1. The van der Waals surface area contributed by atoms with Crippen molar-refractivity contribution in [2.45, 2.75) is 75.5 Å². The minimum Gasteiger partial charge on any atom is -0.481 e. The lowest BCUT2D eigenvalue weighted by Crippen LogP contribution is -2.11. The van der Waals surface area contributed by atoms with Crippen LogP contribution in [0.2, 0.25) is 0 Å². The van der Waals surface area contributed by atoms with E-state index >= 15 is 0 Å². The number of anilines is 1. The normalized spacial score (nSPS) is 10.6. The lowest BCUT2D eigenvalue weighted by Gasteiger charge is -2.10. The molecule has 3 N–H and O–H groups in total. The van der Waals surface area contributed by atoms with Gasteiger partial charge in [0.25, 0.3) is 0 Å². The molecule has 0 unspecified atom stereocenters. The molecule has 0 aliphatic heterocycles. The molecule has 0 saturated heterocycles. The largest absolute Gasteiger partial charge is 0.481 e. The number of hydrogen-bond acceptors (Lipinski definition) is 4. The van der Waals surface area contributed by atoms with Crippen molar-refractivity contribution in [3.05, 3.63) is 24.3 Å². The van der Waals surface area contributed by atoms with E-state index in [2.05, 4.69) is 5.32 Å². The Balaban J connectivity index is 2.18. The Kier molecular flexibility index (Phi) is 12.8. The number of amides is 1. The van der Waals surface area contributed by atoms with E-state index in [1.165, 1.54) is 0 Å². The molecule has 6 nitrogen and oxygen atoms in total. The third-order valence-corrected chi connectivity index (χ3v) is 5.41. The number of rotatable bonds is 16. The predicted molar refractivity (Wildman–Crippen MR) is 112 cm³/mol. The van der Waals surface area contributed by atoms with Crippen LogP contribution in [0, 0.1) is 0 Å². The van der Waals surface area contributed by atoms with Crippen LogP contribution in [-0.4, -0.2) is 33.8 Å².